The Balaban J connectivity index is 2.14. The van der Waals surface area contributed by atoms with E-state index < -0.39 is 0 Å². The van der Waals surface area contributed by atoms with Crippen LogP contribution in [0.25, 0.3) is 0 Å². The Morgan fingerprint density at radius 3 is 2.39 bits per heavy atom. The lowest BCUT2D eigenvalue weighted by atomic mass is 9.89. The molecule has 18 heavy (non-hydrogen) atoms. The minimum absolute atomic E-state index is 0.114. The second-order valence-electron chi connectivity index (χ2n) is 5.85. The summed E-state index contributed by atoms with van der Waals surface area (Å²) in [4.78, 5) is 0. The van der Waals surface area contributed by atoms with Gasteiger partial charge in [-0.05, 0) is 56.2 Å². The van der Waals surface area contributed by atoms with E-state index in [0.717, 1.165) is 19.4 Å². The number of hydrogen-bond donors (Lipinski definition) is 1. The van der Waals surface area contributed by atoms with E-state index in [9.17, 15) is 0 Å². The van der Waals surface area contributed by atoms with E-state index >= 15 is 0 Å². The van der Waals surface area contributed by atoms with E-state index in [4.69, 9.17) is 10.5 Å². The maximum Gasteiger partial charge on any atom is 0.0755 e. The lowest BCUT2D eigenvalue weighted by molar-refractivity contribution is 0.0726. The first-order valence-corrected chi connectivity index (χ1v) is 6.93. The van der Waals surface area contributed by atoms with E-state index in [1.54, 1.807) is 0 Å². The van der Waals surface area contributed by atoms with Crippen molar-refractivity contribution in [3.8, 4) is 0 Å². The van der Waals surface area contributed by atoms with Crippen LogP contribution in [0.3, 0.4) is 0 Å². The number of aryl methyl sites for hydroxylation is 3. The van der Waals surface area contributed by atoms with Crippen LogP contribution < -0.4 is 5.73 Å². The molecule has 3 unspecified atom stereocenters. The van der Waals surface area contributed by atoms with Crippen LogP contribution in [-0.4, -0.2) is 18.8 Å². The Labute approximate surface area is 111 Å². The van der Waals surface area contributed by atoms with Crippen molar-refractivity contribution in [1.29, 1.82) is 0 Å². The normalized spacial score (nSPS) is 25.4. The highest BCUT2D eigenvalue weighted by Gasteiger charge is 2.30. The maximum absolute atomic E-state index is 6.35. The third-order valence-corrected chi connectivity index (χ3v) is 4.15. The van der Waals surface area contributed by atoms with Crippen LogP contribution in [0.5, 0.6) is 0 Å². The average Bonchev–Trinajstić information content (AvgIpc) is 2.69. The fourth-order valence-electron chi connectivity index (χ4n) is 3.15. The SMILES string of the molecule is Cc1cc(C)c(CC(N)C2OCCC2C)c(C)c1. The van der Waals surface area contributed by atoms with Crippen molar-refractivity contribution in [1.82, 2.24) is 0 Å². The Bertz CT molecular complexity index is 404. The van der Waals surface area contributed by atoms with Crippen LogP contribution in [0.4, 0.5) is 0 Å². The molecule has 1 fully saturated rings. The quantitative estimate of drug-likeness (QED) is 0.891. The first-order chi connectivity index (χ1) is 8.49. The molecule has 1 saturated heterocycles. The summed E-state index contributed by atoms with van der Waals surface area (Å²) in [6.07, 6.45) is 2.29. The van der Waals surface area contributed by atoms with Crippen LogP contribution in [0.15, 0.2) is 12.1 Å². The van der Waals surface area contributed by atoms with E-state index in [2.05, 4.69) is 39.8 Å². The van der Waals surface area contributed by atoms with Gasteiger partial charge in [0.15, 0.2) is 0 Å². The van der Waals surface area contributed by atoms with Gasteiger partial charge in [-0.3, -0.25) is 0 Å². The molecule has 0 bridgehead atoms. The van der Waals surface area contributed by atoms with Crippen LogP contribution >= 0.6 is 0 Å². The third kappa shape index (κ3) is 2.76. The molecule has 0 amide bonds. The van der Waals surface area contributed by atoms with Crippen molar-refractivity contribution in [3.63, 3.8) is 0 Å². The van der Waals surface area contributed by atoms with Crippen molar-refractivity contribution < 1.29 is 4.74 Å². The van der Waals surface area contributed by atoms with Gasteiger partial charge in [0.1, 0.15) is 0 Å². The summed E-state index contributed by atoms with van der Waals surface area (Å²) in [5, 5.41) is 0. The number of hydrogen-bond acceptors (Lipinski definition) is 2. The lowest BCUT2D eigenvalue weighted by Crippen LogP contribution is -2.39. The molecule has 0 radical (unpaired) electrons. The van der Waals surface area contributed by atoms with Gasteiger partial charge in [-0.2, -0.15) is 0 Å². The molecule has 0 saturated carbocycles. The van der Waals surface area contributed by atoms with E-state index in [1.165, 1.54) is 22.3 Å². The summed E-state index contributed by atoms with van der Waals surface area (Å²) in [6.45, 7) is 9.62. The number of benzene rings is 1. The molecule has 2 rings (SSSR count). The standard InChI is InChI=1S/C16H25NO/c1-10-7-12(3)14(13(4)8-10)9-15(17)16-11(2)5-6-18-16/h7-8,11,15-16H,5-6,9,17H2,1-4H3. The molecular formula is C16H25NO. The largest absolute Gasteiger partial charge is 0.376 e. The number of nitrogens with two attached hydrogens (primary N) is 1. The first-order valence-electron chi connectivity index (χ1n) is 6.93. The molecule has 1 aliphatic rings. The lowest BCUT2D eigenvalue weighted by Gasteiger charge is -2.24. The highest BCUT2D eigenvalue weighted by Crippen LogP contribution is 2.25. The first kappa shape index (κ1) is 13.6. The molecule has 1 aromatic rings. The van der Waals surface area contributed by atoms with Crippen LogP contribution in [0.2, 0.25) is 0 Å². The average molecular weight is 247 g/mol. The summed E-state index contributed by atoms with van der Waals surface area (Å²) in [5.41, 5.74) is 11.8. The Morgan fingerprint density at radius 1 is 1.28 bits per heavy atom. The van der Waals surface area contributed by atoms with Crippen LogP contribution in [0.1, 0.15) is 35.6 Å². The minimum atomic E-state index is 0.114. The van der Waals surface area contributed by atoms with Crippen molar-refractivity contribution >= 4 is 0 Å². The van der Waals surface area contributed by atoms with Gasteiger partial charge < -0.3 is 10.5 Å². The Morgan fingerprint density at radius 2 is 1.89 bits per heavy atom. The Kier molecular flexibility index (Phi) is 4.08. The van der Waals surface area contributed by atoms with E-state index in [1.807, 2.05) is 0 Å². The molecule has 1 aliphatic heterocycles. The van der Waals surface area contributed by atoms with Gasteiger partial charge in [0.25, 0.3) is 0 Å². The molecule has 2 heteroatoms. The summed E-state index contributed by atoms with van der Waals surface area (Å²) in [5.74, 6) is 0.589. The fourth-order valence-corrected chi connectivity index (χ4v) is 3.15. The zero-order chi connectivity index (χ0) is 13.3. The summed E-state index contributed by atoms with van der Waals surface area (Å²) >= 11 is 0. The molecule has 0 aliphatic carbocycles. The van der Waals surface area contributed by atoms with E-state index in [0.29, 0.717) is 5.92 Å². The summed E-state index contributed by atoms with van der Waals surface area (Å²) in [7, 11) is 0. The van der Waals surface area contributed by atoms with Crippen molar-refractivity contribution in [2.24, 2.45) is 11.7 Å². The number of ether oxygens (including phenoxy) is 1. The van der Waals surface area contributed by atoms with Gasteiger partial charge in [-0.25, -0.2) is 0 Å². The van der Waals surface area contributed by atoms with Crippen molar-refractivity contribution in [3.05, 3.63) is 34.4 Å². The predicted molar refractivity (Wildman–Crippen MR) is 75.9 cm³/mol. The molecule has 1 heterocycles. The second-order valence-corrected chi connectivity index (χ2v) is 5.85. The summed E-state index contributed by atoms with van der Waals surface area (Å²) in [6, 6.07) is 4.60. The minimum Gasteiger partial charge on any atom is -0.376 e. The van der Waals surface area contributed by atoms with Gasteiger partial charge in [-0.1, -0.05) is 24.6 Å². The zero-order valence-electron chi connectivity index (χ0n) is 12.0. The third-order valence-electron chi connectivity index (χ3n) is 4.15. The second kappa shape index (κ2) is 5.41. The van der Waals surface area contributed by atoms with Gasteiger partial charge >= 0.3 is 0 Å². The molecule has 0 aromatic heterocycles. The number of rotatable bonds is 3. The van der Waals surface area contributed by atoms with Crippen molar-refractivity contribution in [2.45, 2.75) is 52.7 Å². The van der Waals surface area contributed by atoms with Gasteiger partial charge in [0.05, 0.1) is 6.10 Å². The molecule has 1 aromatic carbocycles. The van der Waals surface area contributed by atoms with Crippen LogP contribution in [0, 0.1) is 26.7 Å². The van der Waals surface area contributed by atoms with Gasteiger partial charge in [0, 0.05) is 12.6 Å². The van der Waals surface area contributed by atoms with Crippen LogP contribution in [-0.2, 0) is 11.2 Å². The predicted octanol–water partition coefficient (Wildman–Crippen LogP) is 2.91. The summed E-state index contributed by atoms with van der Waals surface area (Å²) < 4.78 is 5.78. The monoisotopic (exact) mass is 247 g/mol. The van der Waals surface area contributed by atoms with Gasteiger partial charge in [-0.15, -0.1) is 0 Å². The maximum atomic E-state index is 6.35. The topological polar surface area (TPSA) is 35.2 Å². The van der Waals surface area contributed by atoms with Gasteiger partial charge in [0.2, 0.25) is 0 Å². The molecule has 100 valence electrons. The molecule has 2 N–H and O–H groups in total. The fraction of sp³-hybridized carbons (Fsp3) is 0.625. The highest BCUT2D eigenvalue weighted by molar-refractivity contribution is 5.38. The molecule has 3 atom stereocenters. The van der Waals surface area contributed by atoms with Crippen molar-refractivity contribution in [2.75, 3.05) is 6.61 Å². The Hall–Kier alpha value is -0.860. The highest BCUT2D eigenvalue weighted by atomic mass is 16.5. The smallest absolute Gasteiger partial charge is 0.0755 e. The van der Waals surface area contributed by atoms with E-state index in [-0.39, 0.29) is 12.1 Å². The molecule has 0 spiro atoms. The molecule has 2 nitrogen and oxygen atoms in total. The molecular weight excluding hydrogens is 222 g/mol. The zero-order valence-corrected chi connectivity index (χ0v) is 12.0.